The molecule has 18 heavy (non-hydrogen) atoms. The van der Waals surface area contributed by atoms with E-state index in [1.54, 1.807) is 17.5 Å². The van der Waals surface area contributed by atoms with Gasteiger partial charge in [0.15, 0.2) is 6.04 Å². The number of amides is 2. The monoisotopic (exact) mass is 270 g/mol. The molecule has 100 valence electrons. The van der Waals surface area contributed by atoms with Crippen LogP contribution < -0.4 is 10.6 Å². The fraction of sp³-hybridized carbons (Fsp3) is 0.500. The molecule has 0 aliphatic rings. The molecule has 1 aromatic heterocycles. The fourth-order valence-corrected chi connectivity index (χ4v) is 2.24. The molecular formula is C12H18N2O3S. The third kappa shape index (κ3) is 4.75. The van der Waals surface area contributed by atoms with Gasteiger partial charge in [-0.15, -0.1) is 11.3 Å². The summed E-state index contributed by atoms with van der Waals surface area (Å²) in [7, 11) is 0. The first-order chi connectivity index (χ1) is 8.65. The Morgan fingerprint density at radius 3 is 2.78 bits per heavy atom. The maximum Gasteiger partial charge on any atom is 0.331 e. The van der Waals surface area contributed by atoms with E-state index in [4.69, 9.17) is 5.11 Å². The third-order valence-electron chi connectivity index (χ3n) is 2.42. The van der Waals surface area contributed by atoms with E-state index in [0.717, 1.165) is 19.3 Å². The molecule has 1 atom stereocenters. The molecule has 0 bridgehead atoms. The van der Waals surface area contributed by atoms with Crippen molar-refractivity contribution in [2.45, 2.75) is 32.2 Å². The highest BCUT2D eigenvalue weighted by atomic mass is 32.1. The van der Waals surface area contributed by atoms with Crippen molar-refractivity contribution in [3.05, 3.63) is 22.4 Å². The predicted octanol–water partition coefficient (Wildman–Crippen LogP) is 2.36. The molecule has 2 amide bonds. The molecule has 0 radical (unpaired) electrons. The molecule has 0 aliphatic carbocycles. The number of aliphatic carboxylic acids is 1. The number of urea groups is 1. The van der Waals surface area contributed by atoms with E-state index in [9.17, 15) is 9.59 Å². The molecule has 1 rings (SSSR count). The Kier molecular flexibility index (Phi) is 6.21. The number of unbranched alkanes of at least 4 members (excludes halogenated alkanes) is 2. The highest BCUT2D eigenvalue weighted by Crippen LogP contribution is 2.18. The minimum Gasteiger partial charge on any atom is -0.479 e. The highest BCUT2D eigenvalue weighted by Gasteiger charge is 2.22. The summed E-state index contributed by atoms with van der Waals surface area (Å²) in [4.78, 5) is 23.2. The molecule has 3 N–H and O–H groups in total. The quantitative estimate of drug-likeness (QED) is 0.665. The first-order valence-corrected chi connectivity index (χ1v) is 6.83. The predicted molar refractivity (Wildman–Crippen MR) is 70.8 cm³/mol. The lowest BCUT2D eigenvalue weighted by Gasteiger charge is -2.13. The SMILES string of the molecule is CCCCCNC(=O)NC(C(=O)O)c1cccs1. The molecule has 1 aromatic rings. The molecule has 6 heteroatoms. The van der Waals surface area contributed by atoms with Gasteiger partial charge in [-0.25, -0.2) is 9.59 Å². The Morgan fingerprint density at radius 2 is 2.22 bits per heavy atom. The van der Waals surface area contributed by atoms with Crippen molar-refractivity contribution >= 4 is 23.3 Å². The summed E-state index contributed by atoms with van der Waals surface area (Å²) in [6.07, 6.45) is 3.03. The van der Waals surface area contributed by atoms with Gasteiger partial charge in [-0.3, -0.25) is 0 Å². The van der Waals surface area contributed by atoms with Gasteiger partial charge in [0, 0.05) is 11.4 Å². The smallest absolute Gasteiger partial charge is 0.331 e. The second kappa shape index (κ2) is 7.71. The Labute approximate surface area is 110 Å². The molecule has 0 aliphatic heterocycles. The second-order valence-corrected chi connectivity index (χ2v) is 4.87. The van der Waals surface area contributed by atoms with Crippen molar-refractivity contribution < 1.29 is 14.7 Å². The van der Waals surface area contributed by atoms with Gasteiger partial charge < -0.3 is 15.7 Å². The van der Waals surface area contributed by atoms with Crippen molar-refractivity contribution in [3.8, 4) is 0 Å². The van der Waals surface area contributed by atoms with Crippen molar-refractivity contribution in [1.82, 2.24) is 10.6 Å². The molecule has 1 unspecified atom stereocenters. The number of carbonyl (C=O) groups excluding carboxylic acids is 1. The second-order valence-electron chi connectivity index (χ2n) is 3.89. The van der Waals surface area contributed by atoms with Crippen LogP contribution in [0.4, 0.5) is 4.79 Å². The zero-order valence-corrected chi connectivity index (χ0v) is 11.1. The van der Waals surface area contributed by atoms with Gasteiger partial charge >= 0.3 is 12.0 Å². The van der Waals surface area contributed by atoms with E-state index in [1.807, 2.05) is 0 Å². The zero-order chi connectivity index (χ0) is 13.4. The summed E-state index contributed by atoms with van der Waals surface area (Å²) in [5, 5.41) is 16.0. The molecule has 5 nitrogen and oxygen atoms in total. The highest BCUT2D eigenvalue weighted by molar-refractivity contribution is 7.10. The zero-order valence-electron chi connectivity index (χ0n) is 10.3. The Hall–Kier alpha value is -1.56. The first-order valence-electron chi connectivity index (χ1n) is 5.95. The summed E-state index contributed by atoms with van der Waals surface area (Å²) >= 11 is 1.31. The minimum atomic E-state index is -1.05. The number of carboxylic acids is 1. The van der Waals surface area contributed by atoms with Crippen LogP contribution in [-0.4, -0.2) is 23.7 Å². The standard InChI is InChI=1S/C12H18N2O3S/c1-2-3-4-7-13-12(17)14-10(11(15)16)9-6-5-8-18-9/h5-6,8,10H,2-4,7H2,1H3,(H,15,16)(H2,13,14,17). The average molecular weight is 270 g/mol. The number of carboxylic acid groups (broad SMARTS) is 1. The lowest BCUT2D eigenvalue weighted by molar-refractivity contribution is -0.139. The largest absolute Gasteiger partial charge is 0.479 e. The first kappa shape index (κ1) is 14.5. The molecule has 1 heterocycles. The molecule has 0 spiro atoms. The van der Waals surface area contributed by atoms with Crippen LogP contribution in [0.5, 0.6) is 0 Å². The van der Waals surface area contributed by atoms with Crippen LogP contribution in [0.25, 0.3) is 0 Å². The topological polar surface area (TPSA) is 78.4 Å². The summed E-state index contributed by atoms with van der Waals surface area (Å²) in [6, 6.07) is 2.04. The van der Waals surface area contributed by atoms with E-state index < -0.39 is 18.0 Å². The van der Waals surface area contributed by atoms with Gasteiger partial charge in [-0.2, -0.15) is 0 Å². The number of carbonyl (C=O) groups is 2. The van der Waals surface area contributed by atoms with Gasteiger partial charge in [0.25, 0.3) is 0 Å². The van der Waals surface area contributed by atoms with Crippen LogP contribution in [0.2, 0.25) is 0 Å². The average Bonchev–Trinajstić information content (AvgIpc) is 2.85. The number of nitrogens with one attached hydrogen (secondary N) is 2. The van der Waals surface area contributed by atoms with Gasteiger partial charge in [-0.1, -0.05) is 25.8 Å². The Bertz CT molecular complexity index is 379. The maximum atomic E-state index is 11.5. The van der Waals surface area contributed by atoms with Crippen molar-refractivity contribution in [3.63, 3.8) is 0 Å². The lowest BCUT2D eigenvalue weighted by atomic mass is 10.2. The molecular weight excluding hydrogens is 252 g/mol. The summed E-state index contributed by atoms with van der Waals surface area (Å²) in [6.45, 7) is 2.65. The molecule has 0 saturated carbocycles. The van der Waals surface area contributed by atoms with Gasteiger partial charge in [0.2, 0.25) is 0 Å². The van der Waals surface area contributed by atoms with Gasteiger partial charge in [0.1, 0.15) is 0 Å². The number of hydrogen-bond acceptors (Lipinski definition) is 3. The summed E-state index contributed by atoms with van der Waals surface area (Å²) in [5.41, 5.74) is 0. The fourth-order valence-electron chi connectivity index (χ4n) is 1.47. The summed E-state index contributed by atoms with van der Waals surface area (Å²) in [5.74, 6) is -1.05. The minimum absolute atomic E-state index is 0.438. The van der Waals surface area contributed by atoms with E-state index >= 15 is 0 Å². The third-order valence-corrected chi connectivity index (χ3v) is 3.35. The molecule has 0 saturated heterocycles. The molecule has 0 aromatic carbocycles. The summed E-state index contributed by atoms with van der Waals surface area (Å²) < 4.78 is 0. The van der Waals surface area contributed by atoms with Crippen molar-refractivity contribution in [1.29, 1.82) is 0 Å². The van der Waals surface area contributed by atoms with Crippen LogP contribution in [0.1, 0.15) is 37.1 Å². The lowest BCUT2D eigenvalue weighted by Crippen LogP contribution is -2.40. The van der Waals surface area contributed by atoms with Gasteiger partial charge in [0.05, 0.1) is 0 Å². The van der Waals surface area contributed by atoms with Crippen molar-refractivity contribution in [2.24, 2.45) is 0 Å². The van der Waals surface area contributed by atoms with Gasteiger partial charge in [-0.05, 0) is 17.9 Å². The van der Waals surface area contributed by atoms with Crippen LogP contribution in [-0.2, 0) is 4.79 Å². The number of thiophene rings is 1. The van der Waals surface area contributed by atoms with Crippen LogP contribution >= 0.6 is 11.3 Å². The normalized spacial score (nSPS) is 11.8. The van der Waals surface area contributed by atoms with E-state index in [-0.39, 0.29) is 0 Å². The Balaban J connectivity index is 2.42. The van der Waals surface area contributed by atoms with E-state index in [0.29, 0.717) is 11.4 Å². The molecule has 0 fully saturated rings. The van der Waals surface area contributed by atoms with Crippen LogP contribution in [0.15, 0.2) is 17.5 Å². The number of hydrogen-bond donors (Lipinski definition) is 3. The Morgan fingerprint density at radius 1 is 1.44 bits per heavy atom. The van der Waals surface area contributed by atoms with Crippen LogP contribution in [0.3, 0.4) is 0 Å². The van der Waals surface area contributed by atoms with Crippen molar-refractivity contribution in [2.75, 3.05) is 6.54 Å². The van der Waals surface area contributed by atoms with Crippen LogP contribution in [0, 0.1) is 0 Å². The number of rotatable bonds is 7. The maximum absolute atomic E-state index is 11.5. The van der Waals surface area contributed by atoms with E-state index in [1.165, 1.54) is 11.3 Å². The van der Waals surface area contributed by atoms with E-state index in [2.05, 4.69) is 17.6 Å².